The molecule has 0 radical (unpaired) electrons. The summed E-state index contributed by atoms with van der Waals surface area (Å²) in [6, 6.07) is 11.6. The van der Waals surface area contributed by atoms with Crippen LogP contribution in [-0.2, 0) is 0 Å². The number of nitro groups is 1. The van der Waals surface area contributed by atoms with Crippen LogP contribution >= 0.6 is 0 Å². The molecule has 0 amide bonds. The molecule has 2 aromatic rings. The summed E-state index contributed by atoms with van der Waals surface area (Å²) in [5.74, 6) is 1.05. The first-order valence-electron chi connectivity index (χ1n) is 8.71. The normalized spacial score (nSPS) is 16.6. The van der Waals surface area contributed by atoms with Gasteiger partial charge in [0.1, 0.15) is 5.82 Å². The van der Waals surface area contributed by atoms with E-state index in [9.17, 15) is 10.1 Å². The lowest BCUT2D eigenvalue weighted by atomic mass is 10.0. The average Bonchev–Trinajstić information content (AvgIpc) is 2.63. The van der Waals surface area contributed by atoms with Gasteiger partial charge in [0.15, 0.2) is 0 Å². The van der Waals surface area contributed by atoms with Crippen molar-refractivity contribution >= 4 is 11.5 Å². The van der Waals surface area contributed by atoms with Crippen molar-refractivity contribution in [1.82, 2.24) is 10.3 Å². The molecule has 3 rings (SSSR count). The molecule has 1 saturated heterocycles. The lowest BCUT2D eigenvalue weighted by Crippen LogP contribution is -2.43. The molecule has 0 saturated carbocycles. The Morgan fingerprint density at radius 1 is 1.20 bits per heavy atom. The van der Waals surface area contributed by atoms with Gasteiger partial charge >= 0.3 is 0 Å². The molecule has 1 N–H and O–H groups in total. The van der Waals surface area contributed by atoms with Crippen molar-refractivity contribution in [2.24, 2.45) is 0 Å². The molecule has 1 unspecified atom stereocenters. The Labute approximate surface area is 148 Å². The summed E-state index contributed by atoms with van der Waals surface area (Å²) in [6.07, 6.45) is 4.04. The molecule has 1 aromatic heterocycles. The molecule has 25 heavy (non-hydrogen) atoms. The third kappa shape index (κ3) is 4.33. The first-order valence-corrected chi connectivity index (χ1v) is 8.71. The molecule has 132 valence electrons. The average molecular weight is 340 g/mol. The van der Waals surface area contributed by atoms with Crippen molar-refractivity contribution < 1.29 is 4.92 Å². The van der Waals surface area contributed by atoms with Crippen molar-refractivity contribution in [2.45, 2.75) is 38.8 Å². The second-order valence-electron chi connectivity index (χ2n) is 6.69. The van der Waals surface area contributed by atoms with Crippen LogP contribution in [0.3, 0.4) is 0 Å². The number of nitrogens with one attached hydrogen (secondary N) is 1. The van der Waals surface area contributed by atoms with E-state index in [1.807, 2.05) is 25.3 Å². The van der Waals surface area contributed by atoms with Crippen molar-refractivity contribution in [1.29, 1.82) is 0 Å². The molecular formula is C19H24N4O2. The van der Waals surface area contributed by atoms with Gasteiger partial charge in [0.2, 0.25) is 0 Å². The molecule has 0 spiro atoms. The minimum Gasteiger partial charge on any atom is -0.357 e. The van der Waals surface area contributed by atoms with E-state index in [2.05, 4.69) is 34.3 Å². The summed E-state index contributed by atoms with van der Waals surface area (Å²) in [7, 11) is 0. The number of pyridine rings is 1. The summed E-state index contributed by atoms with van der Waals surface area (Å²) >= 11 is 0. The highest BCUT2D eigenvalue weighted by atomic mass is 16.6. The number of aryl methyl sites for hydroxylation is 1. The van der Waals surface area contributed by atoms with E-state index in [0.717, 1.165) is 37.3 Å². The van der Waals surface area contributed by atoms with Gasteiger partial charge in [0.05, 0.1) is 4.92 Å². The molecule has 0 bridgehead atoms. The van der Waals surface area contributed by atoms with Gasteiger partial charge in [-0.3, -0.25) is 10.1 Å². The number of anilines is 1. The summed E-state index contributed by atoms with van der Waals surface area (Å²) in [5.41, 5.74) is 2.39. The Morgan fingerprint density at radius 3 is 2.44 bits per heavy atom. The zero-order chi connectivity index (χ0) is 17.8. The van der Waals surface area contributed by atoms with Gasteiger partial charge in [0, 0.05) is 43.5 Å². The van der Waals surface area contributed by atoms with Crippen molar-refractivity contribution in [3.8, 4) is 0 Å². The predicted octanol–water partition coefficient (Wildman–Crippen LogP) is 3.62. The second-order valence-corrected chi connectivity index (χ2v) is 6.69. The number of hydrogen-bond acceptors (Lipinski definition) is 5. The van der Waals surface area contributed by atoms with Crippen LogP contribution in [0.5, 0.6) is 0 Å². The van der Waals surface area contributed by atoms with E-state index in [4.69, 9.17) is 0 Å². The Bertz CT molecular complexity index is 707. The SMILES string of the molecule is Cc1ccc(N2CCC(NC(C)c3ccc([N+](=O)[O-])cc3)CC2)nc1. The van der Waals surface area contributed by atoms with E-state index in [1.165, 1.54) is 5.56 Å². The summed E-state index contributed by atoms with van der Waals surface area (Å²) in [5, 5.41) is 14.4. The van der Waals surface area contributed by atoms with Crippen molar-refractivity contribution in [3.63, 3.8) is 0 Å². The first-order chi connectivity index (χ1) is 12.0. The minimum absolute atomic E-state index is 0.134. The van der Waals surface area contributed by atoms with E-state index in [1.54, 1.807) is 12.1 Å². The van der Waals surface area contributed by atoms with Gasteiger partial charge in [-0.2, -0.15) is 0 Å². The van der Waals surface area contributed by atoms with Gasteiger partial charge in [-0.05, 0) is 43.9 Å². The summed E-state index contributed by atoms with van der Waals surface area (Å²) < 4.78 is 0. The zero-order valence-corrected chi connectivity index (χ0v) is 14.7. The molecule has 1 fully saturated rings. The fourth-order valence-electron chi connectivity index (χ4n) is 3.26. The summed E-state index contributed by atoms with van der Waals surface area (Å²) in [6.45, 7) is 6.13. The molecule has 1 aliphatic heterocycles. The predicted molar refractivity (Wildman–Crippen MR) is 98.9 cm³/mol. The molecule has 1 aromatic carbocycles. The molecule has 0 aliphatic carbocycles. The van der Waals surface area contributed by atoms with Gasteiger partial charge in [0.25, 0.3) is 5.69 Å². The maximum Gasteiger partial charge on any atom is 0.269 e. The Morgan fingerprint density at radius 2 is 1.88 bits per heavy atom. The largest absolute Gasteiger partial charge is 0.357 e. The van der Waals surface area contributed by atoms with Crippen LogP contribution in [0.4, 0.5) is 11.5 Å². The topological polar surface area (TPSA) is 71.3 Å². The zero-order valence-electron chi connectivity index (χ0n) is 14.7. The first kappa shape index (κ1) is 17.4. The highest BCUT2D eigenvalue weighted by Crippen LogP contribution is 2.22. The molecule has 1 aliphatic rings. The van der Waals surface area contributed by atoms with Crippen LogP contribution in [0.2, 0.25) is 0 Å². The number of rotatable bonds is 5. The van der Waals surface area contributed by atoms with E-state index in [0.29, 0.717) is 6.04 Å². The van der Waals surface area contributed by atoms with Crippen molar-refractivity contribution in [2.75, 3.05) is 18.0 Å². The molecule has 2 heterocycles. The number of piperidine rings is 1. The fraction of sp³-hybridized carbons (Fsp3) is 0.421. The van der Waals surface area contributed by atoms with Crippen LogP contribution in [0.15, 0.2) is 42.6 Å². The fourth-order valence-corrected chi connectivity index (χ4v) is 3.26. The van der Waals surface area contributed by atoms with E-state index in [-0.39, 0.29) is 16.7 Å². The smallest absolute Gasteiger partial charge is 0.269 e. The number of aromatic nitrogens is 1. The van der Waals surface area contributed by atoms with E-state index >= 15 is 0 Å². The highest BCUT2D eigenvalue weighted by Gasteiger charge is 2.21. The lowest BCUT2D eigenvalue weighted by Gasteiger charge is -2.34. The minimum atomic E-state index is -0.364. The maximum absolute atomic E-state index is 10.7. The standard InChI is InChI=1S/C19H24N4O2/c1-14-3-8-19(20-13-14)22-11-9-17(10-12-22)21-15(2)16-4-6-18(7-5-16)23(24)25/h3-8,13,15,17,21H,9-12H2,1-2H3. The highest BCUT2D eigenvalue weighted by molar-refractivity contribution is 5.39. The lowest BCUT2D eigenvalue weighted by molar-refractivity contribution is -0.384. The van der Waals surface area contributed by atoms with Crippen LogP contribution in [0.1, 0.15) is 36.9 Å². The third-order valence-electron chi connectivity index (χ3n) is 4.80. The van der Waals surface area contributed by atoms with Gasteiger partial charge in [-0.1, -0.05) is 18.2 Å². The second kappa shape index (κ2) is 7.61. The monoisotopic (exact) mass is 340 g/mol. The number of nitro benzene ring substituents is 1. The Kier molecular flexibility index (Phi) is 5.28. The van der Waals surface area contributed by atoms with Crippen LogP contribution in [0.25, 0.3) is 0 Å². The molecule has 6 nitrogen and oxygen atoms in total. The number of hydrogen-bond donors (Lipinski definition) is 1. The molecule has 1 atom stereocenters. The Hall–Kier alpha value is -2.47. The van der Waals surface area contributed by atoms with E-state index < -0.39 is 0 Å². The van der Waals surface area contributed by atoms with Crippen LogP contribution in [-0.4, -0.2) is 29.0 Å². The molecular weight excluding hydrogens is 316 g/mol. The number of nitrogens with zero attached hydrogens (tertiary/aromatic N) is 3. The van der Waals surface area contributed by atoms with Crippen LogP contribution in [0, 0.1) is 17.0 Å². The number of benzene rings is 1. The van der Waals surface area contributed by atoms with Gasteiger partial charge in [-0.25, -0.2) is 4.98 Å². The van der Waals surface area contributed by atoms with Gasteiger partial charge < -0.3 is 10.2 Å². The molecule has 6 heteroatoms. The quantitative estimate of drug-likeness (QED) is 0.665. The summed E-state index contributed by atoms with van der Waals surface area (Å²) in [4.78, 5) is 17.2. The maximum atomic E-state index is 10.7. The number of non-ortho nitro benzene ring substituents is 1. The Balaban J connectivity index is 1.53. The van der Waals surface area contributed by atoms with Crippen molar-refractivity contribution in [3.05, 3.63) is 63.8 Å². The van der Waals surface area contributed by atoms with Gasteiger partial charge in [-0.15, -0.1) is 0 Å². The van der Waals surface area contributed by atoms with Crippen LogP contribution < -0.4 is 10.2 Å². The third-order valence-corrected chi connectivity index (χ3v) is 4.80.